The molecule has 1 aliphatic heterocycles. The number of alkyl halides is 3. The van der Waals surface area contributed by atoms with E-state index in [0.29, 0.717) is 10.2 Å². The Labute approximate surface area is 112 Å². The smallest absolute Gasteiger partial charge is 0.416 e. The highest BCUT2D eigenvalue weighted by molar-refractivity contribution is 9.10. The van der Waals surface area contributed by atoms with Gasteiger partial charge in [0, 0.05) is 6.54 Å². The fourth-order valence-electron chi connectivity index (χ4n) is 1.87. The van der Waals surface area contributed by atoms with E-state index in [9.17, 15) is 13.2 Å². The summed E-state index contributed by atoms with van der Waals surface area (Å²) in [5.41, 5.74) is -0.677. The first-order chi connectivity index (χ1) is 8.47. The molecule has 0 radical (unpaired) electrons. The van der Waals surface area contributed by atoms with Gasteiger partial charge in [-0.2, -0.15) is 13.2 Å². The van der Waals surface area contributed by atoms with Crippen molar-refractivity contribution in [3.63, 3.8) is 0 Å². The van der Waals surface area contributed by atoms with Gasteiger partial charge in [0.25, 0.3) is 0 Å². The fraction of sp³-hybridized carbons (Fsp3) is 0.500. The van der Waals surface area contributed by atoms with Crippen LogP contribution < -0.4 is 10.1 Å². The Hall–Kier alpha value is -0.750. The average molecular weight is 324 g/mol. The van der Waals surface area contributed by atoms with Gasteiger partial charge in [-0.25, -0.2) is 0 Å². The molecule has 6 heteroatoms. The Morgan fingerprint density at radius 2 is 2.11 bits per heavy atom. The molecule has 1 aromatic carbocycles. The molecule has 0 aliphatic carbocycles. The minimum atomic E-state index is -4.33. The molecule has 1 aromatic rings. The van der Waals surface area contributed by atoms with Crippen LogP contribution in [-0.4, -0.2) is 19.2 Å². The Morgan fingerprint density at radius 1 is 1.33 bits per heavy atom. The molecule has 1 aliphatic rings. The van der Waals surface area contributed by atoms with Crippen LogP contribution >= 0.6 is 15.9 Å². The van der Waals surface area contributed by atoms with Gasteiger partial charge in [-0.3, -0.25) is 0 Å². The number of piperidine rings is 1. The van der Waals surface area contributed by atoms with E-state index in [1.165, 1.54) is 6.07 Å². The highest BCUT2D eigenvalue weighted by Crippen LogP contribution is 2.35. The third kappa shape index (κ3) is 3.38. The molecular formula is C12H13BrF3NO. The van der Waals surface area contributed by atoms with E-state index in [0.717, 1.165) is 38.1 Å². The van der Waals surface area contributed by atoms with E-state index in [4.69, 9.17) is 4.74 Å². The van der Waals surface area contributed by atoms with Crippen molar-refractivity contribution in [3.05, 3.63) is 28.2 Å². The number of rotatable bonds is 2. The minimum Gasteiger partial charge on any atom is -0.488 e. The van der Waals surface area contributed by atoms with Crippen LogP contribution in [0, 0.1) is 0 Å². The first kappa shape index (κ1) is 13.7. The standard InChI is InChI=1S/C12H13BrF3NO/c13-10-6-8(12(14,15)16)3-4-11(10)18-9-2-1-5-17-7-9/h3-4,6,9,17H,1-2,5,7H2. The van der Waals surface area contributed by atoms with Crippen LogP contribution in [0.15, 0.2) is 22.7 Å². The first-order valence-corrected chi connectivity index (χ1v) is 6.50. The lowest BCUT2D eigenvalue weighted by Gasteiger charge is -2.24. The van der Waals surface area contributed by atoms with Gasteiger partial charge in [0.15, 0.2) is 0 Å². The van der Waals surface area contributed by atoms with Crippen LogP contribution in [0.4, 0.5) is 13.2 Å². The summed E-state index contributed by atoms with van der Waals surface area (Å²) in [7, 11) is 0. The van der Waals surface area contributed by atoms with E-state index in [-0.39, 0.29) is 6.10 Å². The second kappa shape index (κ2) is 5.48. The second-order valence-corrected chi connectivity index (χ2v) is 5.08. The van der Waals surface area contributed by atoms with E-state index < -0.39 is 11.7 Å². The van der Waals surface area contributed by atoms with Gasteiger partial charge >= 0.3 is 6.18 Å². The van der Waals surface area contributed by atoms with Crippen molar-refractivity contribution in [2.45, 2.75) is 25.1 Å². The molecule has 18 heavy (non-hydrogen) atoms. The van der Waals surface area contributed by atoms with Gasteiger partial charge in [-0.1, -0.05) is 0 Å². The van der Waals surface area contributed by atoms with Crippen molar-refractivity contribution in [3.8, 4) is 5.75 Å². The van der Waals surface area contributed by atoms with Crippen molar-refractivity contribution in [2.75, 3.05) is 13.1 Å². The van der Waals surface area contributed by atoms with E-state index in [2.05, 4.69) is 21.2 Å². The predicted molar refractivity (Wildman–Crippen MR) is 65.7 cm³/mol. The van der Waals surface area contributed by atoms with Gasteiger partial charge in [-0.05, 0) is 53.5 Å². The third-order valence-electron chi connectivity index (χ3n) is 2.80. The average Bonchev–Trinajstić information content (AvgIpc) is 2.32. The van der Waals surface area contributed by atoms with Crippen LogP contribution in [0.1, 0.15) is 18.4 Å². The molecule has 0 aromatic heterocycles. The van der Waals surface area contributed by atoms with Crippen molar-refractivity contribution in [2.24, 2.45) is 0 Å². The maximum absolute atomic E-state index is 12.5. The number of ether oxygens (including phenoxy) is 1. The second-order valence-electron chi connectivity index (χ2n) is 4.23. The SMILES string of the molecule is FC(F)(F)c1ccc(OC2CCCNC2)c(Br)c1. The number of hydrogen-bond acceptors (Lipinski definition) is 2. The lowest BCUT2D eigenvalue weighted by molar-refractivity contribution is -0.137. The molecule has 0 spiro atoms. The van der Waals surface area contributed by atoms with Crippen LogP contribution in [0.25, 0.3) is 0 Å². The van der Waals surface area contributed by atoms with Gasteiger partial charge in [-0.15, -0.1) is 0 Å². The Morgan fingerprint density at radius 3 is 2.67 bits per heavy atom. The summed E-state index contributed by atoms with van der Waals surface area (Å²) in [6.45, 7) is 1.70. The summed E-state index contributed by atoms with van der Waals surface area (Å²) in [5.74, 6) is 0.455. The minimum absolute atomic E-state index is 0.0202. The highest BCUT2D eigenvalue weighted by Gasteiger charge is 2.31. The van der Waals surface area contributed by atoms with Crippen molar-refractivity contribution >= 4 is 15.9 Å². The molecule has 100 valence electrons. The highest BCUT2D eigenvalue weighted by atomic mass is 79.9. The molecule has 1 unspecified atom stereocenters. The summed E-state index contributed by atoms with van der Waals surface area (Å²) < 4.78 is 43.5. The summed E-state index contributed by atoms with van der Waals surface area (Å²) in [6.07, 6.45) is -2.37. The van der Waals surface area contributed by atoms with E-state index >= 15 is 0 Å². The summed E-state index contributed by atoms with van der Waals surface area (Å²) in [6, 6.07) is 3.45. The maximum Gasteiger partial charge on any atom is 0.416 e. The molecule has 0 bridgehead atoms. The van der Waals surface area contributed by atoms with E-state index in [1.54, 1.807) is 0 Å². The van der Waals surface area contributed by atoms with Crippen molar-refractivity contribution < 1.29 is 17.9 Å². The van der Waals surface area contributed by atoms with Gasteiger partial charge in [0.1, 0.15) is 11.9 Å². The molecule has 1 saturated heterocycles. The zero-order valence-corrected chi connectivity index (χ0v) is 11.1. The number of benzene rings is 1. The Balaban J connectivity index is 2.09. The van der Waals surface area contributed by atoms with Crippen molar-refractivity contribution in [1.82, 2.24) is 5.32 Å². The number of nitrogens with one attached hydrogen (secondary N) is 1. The molecule has 1 fully saturated rings. The summed E-state index contributed by atoms with van der Waals surface area (Å²) in [4.78, 5) is 0. The predicted octanol–water partition coefficient (Wildman–Crippen LogP) is 3.60. The van der Waals surface area contributed by atoms with Gasteiger partial charge < -0.3 is 10.1 Å². The Kier molecular flexibility index (Phi) is 4.17. The summed E-state index contributed by atoms with van der Waals surface area (Å²) in [5, 5.41) is 3.19. The monoisotopic (exact) mass is 323 g/mol. The van der Waals surface area contributed by atoms with Crippen LogP contribution in [0.5, 0.6) is 5.75 Å². The molecule has 1 atom stereocenters. The topological polar surface area (TPSA) is 21.3 Å². The summed E-state index contributed by atoms with van der Waals surface area (Å²) >= 11 is 3.12. The van der Waals surface area contributed by atoms with E-state index in [1.807, 2.05) is 0 Å². The molecular weight excluding hydrogens is 311 g/mol. The number of hydrogen-bond donors (Lipinski definition) is 1. The first-order valence-electron chi connectivity index (χ1n) is 5.71. The lowest BCUT2D eigenvalue weighted by atomic mass is 10.1. The fourth-order valence-corrected chi connectivity index (χ4v) is 2.34. The molecule has 1 N–H and O–H groups in total. The maximum atomic E-state index is 12.5. The van der Waals surface area contributed by atoms with Gasteiger partial charge in [0.05, 0.1) is 10.0 Å². The van der Waals surface area contributed by atoms with Gasteiger partial charge in [0.2, 0.25) is 0 Å². The van der Waals surface area contributed by atoms with Crippen molar-refractivity contribution in [1.29, 1.82) is 0 Å². The molecule has 1 heterocycles. The largest absolute Gasteiger partial charge is 0.488 e. The normalized spacial score (nSPS) is 20.8. The van der Waals surface area contributed by atoms with Crippen LogP contribution in [0.3, 0.4) is 0 Å². The Bertz CT molecular complexity index is 416. The van der Waals surface area contributed by atoms with Crippen LogP contribution in [0.2, 0.25) is 0 Å². The quantitative estimate of drug-likeness (QED) is 0.897. The third-order valence-corrected chi connectivity index (χ3v) is 3.42. The number of halogens is 4. The zero-order valence-electron chi connectivity index (χ0n) is 9.56. The molecule has 2 rings (SSSR count). The zero-order chi connectivity index (χ0) is 13.2. The molecule has 0 amide bonds. The molecule has 2 nitrogen and oxygen atoms in total. The lowest BCUT2D eigenvalue weighted by Crippen LogP contribution is -2.37. The molecule has 0 saturated carbocycles. The van der Waals surface area contributed by atoms with Crippen LogP contribution in [-0.2, 0) is 6.18 Å².